The van der Waals surface area contributed by atoms with E-state index in [9.17, 15) is 9.59 Å². The van der Waals surface area contributed by atoms with Crippen molar-refractivity contribution in [1.82, 2.24) is 4.98 Å². The number of oxazole rings is 1. The van der Waals surface area contributed by atoms with Crippen LogP contribution in [0.4, 0.5) is 0 Å². The third kappa shape index (κ3) is 2.93. The number of carbonyl (C=O) groups excluding carboxylic acids is 2. The monoisotopic (exact) mass is 269 g/mol. The molecule has 1 atom stereocenters. The van der Waals surface area contributed by atoms with E-state index in [0.717, 1.165) is 12.8 Å². The zero-order valence-electron chi connectivity index (χ0n) is 10.8. The summed E-state index contributed by atoms with van der Waals surface area (Å²) < 4.78 is 19.8. The summed E-state index contributed by atoms with van der Waals surface area (Å²) in [5.74, 6) is -1.45. The zero-order chi connectivity index (χ0) is 13.8. The van der Waals surface area contributed by atoms with Gasteiger partial charge in [0.1, 0.15) is 0 Å². The Hall–Kier alpha value is -1.89. The SMILES string of the molecule is COC(=O)c1nc(CC2CCCO2)oc1C(=O)OC. The number of esters is 2. The van der Waals surface area contributed by atoms with Gasteiger partial charge in [0, 0.05) is 6.61 Å². The molecule has 2 rings (SSSR count). The Bertz CT molecular complexity index is 441. The Morgan fingerprint density at radius 2 is 2.05 bits per heavy atom. The summed E-state index contributed by atoms with van der Waals surface area (Å²) in [7, 11) is 2.41. The molecule has 1 saturated heterocycles. The van der Waals surface area contributed by atoms with E-state index in [0.29, 0.717) is 13.0 Å². The molecule has 0 radical (unpaired) electrons. The van der Waals surface area contributed by atoms with Crippen molar-refractivity contribution in [2.45, 2.75) is 25.4 Å². The van der Waals surface area contributed by atoms with Crippen LogP contribution in [0, 0.1) is 0 Å². The second kappa shape index (κ2) is 5.83. The number of rotatable bonds is 4. The molecular formula is C12H15NO6. The van der Waals surface area contributed by atoms with E-state index in [1.165, 1.54) is 14.2 Å². The van der Waals surface area contributed by atoms with Crippen molar-refractivity contribution in [2.75, 3.05) is 20.8 Å². The molecule has 1 aliphatic rings. The lowest BCUT2D eigenvalue weighted by Crippen LogP contribution is -2.10. The summed E-state index contributed by atoms with van der Waals surface area (Å²) in [5.41, 5.74) is -0.164. The predicted molar refractivity (Wildman–Crippen MR) is 61.9 cm³/mol. The molecule has 7 heteroatoms. The quantitative estimate of drug-likeness (QED) is 0.752. The summed E-state index contributed by atoms with van der Waals surface area (Å²) in [6.45, 7) is 0.707. The number of carbonyl (C=O) groups is 2. The van der Waals surface area contributed by atoms with Crippen molar-refractivity contribution in [3.05, 3.63) is 17.3 Å². The van der Waals surface area contributed by atoms with Crippen LogP contribution in [0.15, 0.2) is 4.42 Å². The molecule has 0 aliphatic carbocycles. The molecule has 0 saturated carbocycles. The van der Waals surface area contributed by atoms with Crippen LogP contribution in [0.25, 0.3) is 0 Å². The van der Waals surface area contributed by atoms with Gasteiger partial charge in [-0.25, -0.2) is 14.6 Å². The maximum atomic E-state index is 11.5. The zero-order valence-corrected chi connectivity index (χ0v) is 10.8. The van der Waals surface area contributed by atoms with Gasteiger partial charge in [0.25, 0.3) is 0 Å². The minimum atomic E-state index is -0.758. The fraction of sp³-hybridized carbons (Fsp3) is 0.583. The molecule has 0 aromatic carbocycles. The molecule has 7 nitrogen and oxygen atoms in total. The maximum absolute atomic E-state index is 11.5. The van der Waals surface area contributed by atoms with E-state index in [-0.39, 0.29) is 23.4 Å². The van der Waals surface area contributed by atoms with Crippen LogP contribution >= 0.6 is 0 Å². The lowest BCUT2D eigenvalue weighted by atomic mass is 10.2. The molecule has 0 bridgehead atoms. The highest BCUT2D eigenvalue weighted by Gasteiger charge is 2.28. The highest BCUT2D eigenvalue weighted by Crippen LogP contribution is 2.20. The molecule has 0 amide bonds. The maximum Gasteiger partial charge on any atom is 0.376 e. The largest absolute Gasteiger partial charge is 0.464 e. The molecule has 1 aromatic rings. The minimum absolute atomic E-state index is 0.00893. The Kier molecular flexibility index (Phi) is 4.16. The second-order valence-electron chi connectivity index (χ2n) is 4.11. The molecule has 1 aliphatic heterocycles. The van der Waals surface area contributed by atoms with Crippen LogP contribution in [-0.4, -0.2) is 43.9 Å². The van der Waals surface area contributed by atoms with Gasteiger partial charge < -0.3 is 18.6 Å². The van der Waals surface area contributed by atoms with Crippen LogP contribution in [0.5, 0.6) is 0 Å². The highest BCUT2D eigenvalue weighted by atomic mass is 16.5. The van der Waals surface area contributed by atoms with Gasteiger partial charge in [0.2, 0.25) is 11.5 Å². The Morgan fingerprint density at radius 1 is 1.32 bits per heavy atom. The summed E-state index contributed by atoms with van der Waals surface area (Å²) in [6, 6.07) is 0. The fourth-order valence-corrected chi connectivity index (χ4v) is 1.92. The highest BCUT2D eigenvalue weighted by molar-refractivity contribution is 5.99. The van der Waals surface area contributed by atoms with Crippen molar-refractivity contribution in [1.29, 1.82) is 0 Å². The van der Waals surface area contributed by atoms with Crippen molar-refractivity contribution < 1.29 is 28.2 Å². The second-order valence-corrected chi connectivity index (χ2v) is 4.11. The van der Waals surface area contributed by atoms with Gasteiger partial charge in [0.05, 0.1) is 26.7 Å². The molecule has 0 spiro atoms. The van der Waals surface area contributed by atoms with Gasteiger partial charge in [-0.15, -0.1) is 0 Å². The van der Waals surface area contributed by atoms with E-state index >= 15 is 0 Å². The number of aromatic nitrogens is 1. The van der Waals surface area contributed by atoms with Crippen molar-refractivity contribution in [3.63, 3.8) is 0 Å². The lowest BCUT2D eigenvalue weighted by molar-refractivity contribution is 0.0524. The topological polar surface area (TPSA) is 87.9 Å². The molecule has 1 fully saturated rings. The first-order chi connectivity index (χ1) is 9.15. The van der Waals surface area contributed by atoms with Crippen molar-refractivity contribution in [2.24, 2.45) is 0 Å². The standard InChI is InChI=1S/C12H15NO6/c1-16-11(14)9-10(12(15)17-2)19-8(13-9)6-7-4-3-5-18-7/h7H,3-6H2,1-2H3. The number of nitrogens with zero attached hydrogens (tertiary/aromatic N) is 1. The van der Waals surface area contributed by atoms with Crippen LogP contribution in [-0.2, 0) is 20.6 Å². The third-order valence-electron chi connectivity index (χ3n) is 2.85. The van der Waals surface area contributed by atoms with Crippen molar-refractivity contribution in [3.8, 4) is 0 Å². The average molecular weight is 269 g/mol. The molecule has 104 valence electrons. The summed E-state index contributed by atoms with van der Waals surface area (Å²) in [5, 5.41) is 0. The summed E-state index contributed by atoms with van der Waals surface area (Å²) >= 11 is 0. The van der Waals surface area contributed by atoms with Gasteiger partial charge in [-0.1, -0.05) is 0 Å². The van der Waals surface area contributed by atoms with Gasteiger partial charge in [-0.3, -0.25) is 0 Å². The van der Waals surface area contributed by atoms with E-state index in [2.05, 4.69) is 14.5 Å². The third-order valence-corrected chi connectivity index (χ3v) is 2.85. The van der Waals surface area contributed by atoms with Crippen LogP contribution in [0.2, 0.25) is 0 Å². The van der Waals surface area contributed by atoms with E-state index in [1.54, 1.807) is 0 Å². The Morgan fingerprint density at radius 3 is 2.63 bits per heavy atom. The molecular weight excluding hydrogens is 254 g/mol. The minimum Gasteiger partial charge on any atom is -0.464 e. The van der Waals surface area contributed by atoms with E-state index in [4.69, 9.17) is 9.15 Å². The Balaban J connectivity index is 2.22. The first-order valence-corrected chi connectivity index (χ1v) is 5.93. The fourth-order valence-electron chi connectivity index (χ4n) is 1.92. The molecule has 19 heavy (non-hydrogen) atoms. The van der Waals surface area contributed by atoms with E-state index < -0.39 is 11.9 Å². The summed E-state index contributed by atoms with van der Waals surface area (Å²) in [6.07, 6.45) is 2.32. The average Bonchev–Trinajstić information content (AvgIpc) is 3.07. The van der Waals surface area contributed by atoms with Gasteiger partial charge >= 0.3 is 11.9 Å². The number of hydrogen-bond donors (Lipinski definition) is 0. The smallest absolute Gasteiger partial charge is 0.376 e. The first-order valence-electron chi connectivity index (χ1n) is 5.93. The molecule has 1 unspecified atom stereocenters. The normalized spacial score (nSPS) is 18.3. The van der Waals surface area contributed by atoms with Gasteiger partial charge in [0.15, 0.2) is 5.89 Å². The number of methoxy groups -OCH3 is 2. The molecule has 2 heterocycles. The van der Waals surface area contributed by atoms with E-state index in [1.807, 2.05) is 0 Å². The van der Waals surface area contributed by atoms with Gasteiger partial charge in [-0.2, -0.15) is 0 Å². The lowest BCUT2D eigenvalue weighted by Gasteiger charge is -2.04. The number of hydrogen-bond acceptors (Lipinski definition) is 7. The molecule has 1 aromatic heterocycles. The first kappa shape index (κ1) is 13.5. The predicted octanol–water partition coefficient (Wildman–Crippen LogP) is 0.969. The number of ether oxygens (including phenoxy) is 3. The van der Waals surface area contributed by atoms with Crippen LogP contribution < -0.4 is 0 Å². The van der Waals surface area contributed by atoms with Crippen LogP contribution in [0.1, 0.15) is 39.8 Å². The molecule has 0 N–H and O–H groups in total. The van der Waals surface area contributed by atoms with Gasteiger partial charge in [-0.05, 0) is 12.8 Å². The van der Waals surface area contributed by atoms with Crippen molar-refractivity contribution >= 4 is 11.9 Å². The Labute approximate surface area is 109 Å². The van der Waals surface area contributed by atoms with Crippen LogP contribution in [0.3, 0.4) is 0 Å². The summed E-state index contributed by atoms with van der Waals surface area (Å²) in [4.78, 5) is 27.0.